The van der Waals surface area contributed by atoms with Crippen molar-refractivity contribution in [2.75, 3.05) is 12.4 Å². The molecule has 1 heterocycles. The van der Waals surface area contributed by atoms with E-state index >= 15 is 0 Å². The number of hydrogen-bond acceptors (Lipinski definition) is 5. The van der Waals surface area contributed by atoms with E-state index in [9.17, 15) is 0 Å². The third-order valence-corrected chi connectivity index (χ3v) is 3.64. The lowest BCUT2D eigenvalue weighted by molar-refractivity contribution is 0.300. The number of nitrogens with one attached hydrogen (secondary N) is 1. The van der Waals surface area contributed by atoms with Gasteiger partial charge in [0.05, 0.1) is 4.47 Å². The molecular weight excluding hydrogens is 302 g/mol. The lowest BCUT2D eigenvalue weighted by atomic mass is 10.2. The number of aromatic nitrogens is 2. The van der Waals surface area contributed by atoms with E-state index in [1.165, 1.54) is 17.1 Å². The SMILES string of the molecule is CNc1snnc1COc1ccc(C)cc1Br. The third kappa shape index (κ3) is 2.95. The number of hydrogen-bond donors (Lipinski definition) is 1. The molecule has 1 aromatic heterocycles. The predicted octanol–water partition coefficient (Wildman–Crippen LogP) is 3.23. The van der Waals surface area contributed by atoms with Crippen molar-refractivity contribution >= 4 is 32.5 Å². The highest BCUT2D eigenvalue weighted by molar-refractivity contribution is 9.10. The van der Waals surface area contributed by atoms with E-state index in [0.717, 1.165) is 20.9 Å². The Balaban J connectivity index is 2.07. The maximum absolute atomic E-state index is 5.70. The first kappa shape index (κ1) is 12.3. The maximum atomic E-state index is 5.70. The van der Waals surface area contributed by atoms with Crippen molar-refractivity contribution < 1.29 is 4.74 Å². The molecule has 0 spiro atoms. The van der Waals surface area contributed by atoms with Gasteiger partial charge in [0.1, 0.15) is 23.1 Å². The summed E-state index contributed by atoms with van der Waals surface area (Å²) in [4.78, 5) is 0. The largest absolute Gasteiger partial charge is 0.486 e. The van der Waals surface area contributed by atoms with Gasteiger partial charge in [-0.05, 0) is 40.5 Å². The Hall–Kier alpha value is -1.14. The van der Waals surface area contributed by atoms with E-state index in [1.807, 2.05) is 32.2 Å². The van der Waals surface area contributed by atoms with Crippen LogP contribution in [0, 0.1) is 6.92 Å². The van der Waals surface area contributed by atoms with Crippen molar-refractivity contribution in [3.05, 3.63) is 33.9 Å². The van der Waals surface area contributed by atoms with Gasteiger partial charge in [-0.15, -0.1) is 5.10 Å². The van der Waals surface area contributed by atoms with E-state index in [4.69, 9.17) is 4.74 Å². The first-order valence-corrected chi connectivity index (χ1v) is 6.65. The number of aryl methyl sites for hydroxylation is 1. The molecule has 2 aromatic rings. The zero-order valence-corrected chi connectivity index (χ0v) is 11.9. The molecule has 0 radical (unpaired) electrons. The highest BCUT2D eigenvalue weighted by atomic mass is 79.9. The molecule has 0 saturated heterocycles. The van der Waals surface area contributed by atoms with Crippen LogP contribution < -0.4 is 10.1 Å². The highest BCUT2D eigenvalue weighted by Gasteiger charge is 2.08. The average Bonchev–Trinajstić information content (AvgIpc) is 2.75. The number of rotatable bonds is 4. The number of benzene rings is 1. The molecule has 0 bridgehead atoms. The monoisotopic (exact) mass is 313 g/mol. The van der Waals surface area contributed by atoms with Gasteiger partial charge in [-0.3, -0.25) is 0 Å². The first-order valence-electron chi connectivity index (χ1n) is 5.08. The lowest BCUT2D eigenvalue weighted by Crippen LogP contribution is -2.00. The van der Waals surface area contributed by atoms with Gasteiger partial charge in [0, 0.05) is 18.6 Å². The van der Waals surface area contributed by atoms with Gasteiger partial charge in [-0.25, -0.2) is 0 Å². The van der Waals surface area contributed by atoms with Crippen LogP contribution in [-0.2, 0) is 6.61 Å². The fourth-order valence-corrected chi connectivity index (χ4v) is 2.49. The summed E-state index contributed by atoms with van der Waals surface area (Å²) in [5, 5.41) is 7.99. The zero-order chi connectivity index (χ0) is 12.3. The molecule has 0 fully saturated rings. The molecule has 0 atom stereocenters. The average molecular weight is 314 g/mol. The Bertz CT molecular complexity index is 515. The van der Waals surface area contributed by atoms with Gasteiger partial charge in [0.2, 0.25) is 0 Å². The van der Waals surface area contributed by atoms with E-state index < -0.39 is 0 Å². The Morgan fingerprint density at radius 2 is 2.29 bits per heavy atom. The summed E-state index contributed by atoms with van der Waals surface area (Å²) >= 11 is 4.80. The Morgan fingerprint density at radius 3 is 3.00 bits per heavy atom. The molecule has 2 rings (SSSR count). The molecule has 0 amide bonds. The topological polar surface area (TPSA) is 47.0 Å². The smallest absolute Gasteiger partial charge is 0.136 e. The summed E-state index contributed by atoms with van der Waals surface area (Å²) in [5.74, 6) is 0.811. The second-order valence-corrected chi connectivity index (χ2v) is 5.13. The Labute approximate surface area is 112 Å². The quantitative estimate of drug-likeness (QED) is 0.941. The van der Waals surface area contributed by atoms with Crippen LogP contribution in [0.5, 0.6) is 5.75 Å². The fourth-order valence-electron chi connectivity index (χ4n) is 1.36. The first-order chi connectivity index (χ1) is 8.20. The lowest BCUT2D eigenvalue weighted by Gasteiger charge is -2.07. The Kier molecular flexibility index (Phi) is 3.96. The summed E-state index contributed by atoms with van der Waals surface area (Å²) < 4.78 is 10.5. The van der Waals surface area contributed by atoms with Crippen LogP contribution in [0.4, 0.5) is 5.00 Å². The third-order valence-electron chi connectivity index (χ3n) is 2.23. The van der Waals surface area contributed by atoms with Crippen LogP contribution in [0.3, 0.4) is 0 Å². The second kappa shape index (κ2) is 5.46. The van der Waals surface area contributed by atoms with Crippen LogP contribution in [0.1, 0.15) is 11.3 Å². The molecule has 0 aliphatic carbocycles. The van der Waals surface area contributed by atoms with Crippen molar-refractivity contribution in [1.82, 2.24) is 9.59 Å². The molecule has 0 aliphatic rings. The van der Waals surface area contributed by atoms with Crippen LogP contribution in [0.25, 0.3) is 0 Å². The summed E-state index contributed by atoms with van der Waals surface area (Å²) in [6.07, 6.45) is 0. The molecule has 1 aromatic carbocycles. The van der Waals surface area contributed by atoms with Gasteiger partial charge in [-0.1, -0.05) is 10.6 Å². The molecule has 0 saturated carbocycles. The summed E-state index contributed by atoms with van der Waals surface area (Å²) in [6.45, 7) is 2.45. The van der Waals surface area contributed by atoms with E-state index in [0.29, 0.717) is 6.61 Å². The Morgan fingerprint density at radius 1 is 1.47 bits per heavy atom. The van der Waals surface area contributed by atoms with Gasteiger partial charge in [0.25, 0.3) is 0 Å². The number of nitrogens with zero attached hydrogens (tertiary/aromatic N) is 2. The van der Waals surface area contributed by atoms with Gasteiger partial charge in [-0.2, -0.15) is 0 Å². The van der Waals surface area contributed by atoms with Crippen LogP contribution in [0.2, 0.25) is 0 Å². The van der Waals surface area contributed by atoms with Crippen LogP contribution >= 0.6 is 27.5 Å². The molecule has 0 unspecified atom stereocenters. The van der Waals surface area contributed by atoms with Crippen molar-refractivity contribution in [2.45, 2.75) is 13.5 Å². The second-order valence-electron chi connectivity index (χ2n) is 3.52. The maximum Gasteiger partial charge on any atom is 0.136 e. The molecule has 6 heteroatoms. The highest BCUT2D eigenvalue weighted by Crippen LogP contribution is 2.27. The summed E-state index contributed by atoms with van der Waals surface area (Å²) in [5.41, 5.74) is 2.01. The predicted molar refractivity (Wildman–Crippen MR) is 72.7 cm³/mol. The molecule has 1 N–H and O–H groups in total. The number of ether oxygens (including phenoxy) is 1. The van der Waals surface area contributed by atoms with Crippen LogP contribution in [-0.4, -0.2) is 16.6 Å². The normalized spacial score (nSPS) is 10.3. The standard InChI is InChI=1S/C11H12BrN3OS/c1-7-3-4-10(8(12)5-7)16-6-9-11(13-2)17-15-14-9/h3-5,13H,6H2,1-2H3. The minimum Gasteiger partial charge on any atom is -0.486 e. The molecule has 0 aliphatic heterocycles. The summed E-state index contributed by atoms with van der Waals surface area (Å²) in [6, 6.07) is 5.98. The van der Waals surface area contributed by atoms with Crippen molar-refractivity contribution in [2.24, 2.45) is 0 Å². The fraction of sp³-hybridized carbons (Fsp3) is 0.273. The van der Waals surface area contributed by atoms with E-state index in [-0.39, 0.29) is 0 Å². The number of anilines is 1. The minimum absolute atomic E-state index is 0.411. The number of halogens is 1. The molecule has 4 nitrogen and oxygen atoms in total. The molecular formula is C11H12BrN3OS. The van der Waals surface area contributed by atoms with Crippen molar-refractivity contribution in [3.63, 3.8) is 0 Å². The zero-order valence-electron chi connectivity index (χ0n) is 9.53. The minimum atomic E-state index is 0.411. The van der Waals surface area contributed by atoms with E-state index in [1.54, 1.807) is 0 Å². The molecule has 90 valence electrons. The molecule has 17 heavy (non-hydrogen) atoms. The van der Waals surface area contributed by atoms with Gasteiger partial charge < -0.3 is 10.1 Å². The van der Waals surface area contributed by atoms with Gasteiger partial charge in [0.15, 0.2) is 0 Å². The van der Waals surface area contributed by atoms with Crippen molar-refractivity contribution in [1.29, 1.82) is 0 Å². The summed E-state index contributed by atoms with van der Waals surface area (Å²) in [7, 11) is 1.85. The van der Waals surface area contributed by atoms with Crippen LogP contribution in [0.15, 0.2) is 22.7 Å². The van der Waals surface area contributed by atoms with Crippen molar-refractivity contribution in [3.8, 4) is 5.75 Å². The van der Waals surface area contributed by atoms with E-state index in [2.05, 4.69) is 30.8 Å². The van der Waals surface area contributed by atoms with Gasteiger partial charge >= 0.3 is 0 Å².